The lowest BCUT2D eigenvalue weighted by molar-refractivity contribution is 0.339. The van der Waals surface area contributed by atoms with Gasteiger partial charge in [-0.3, -0.25) is 0 Å². The maximum Gasteiger partial charge on any atom is 0.244 e. The number of hydrogen-bond donors (Lipinski definition) is 2. The van der Waals surface area contributed by atoms with E-state index in [0.717, 1.165) is 40.1 Å². The number of hydrogen-bond acceptors (Lipinski definition) is 6. The highest BCUT2D eigenvalue weighted by atomic mass is 32.2. The number of ether oxygens (including phenoxy) is 1. The zero-order valence-corrected chi connectivity index (χ0v) is 22.2. The summed E-state index contributed by atoms with van der Waals surface area (Å²) in [5.41, 5.74) is 1.77. The fourth-order valence-corrected chi connectivity index (χ4v) is 7.55. The molecular weight excluding hydrogens is 466 g/mol. The number of sulfonamides is 1. The number of nitrogens with one attached hydrogen (secondary N) is 2. The molecule has 2 aliphatic rings. The number of aromatic nitrogens is 1. The Morgan fingerprint density at radius 2 is 1.71 bits per heavy atom. The molecule has 0 radical (unpaired) electrons. The first-order valence-electron chi connectivity index (χ1n) is 12.9. The second kappa shape index (κ2) is 11.9. The van der Waals surface area contributed by atoms with Crippen LogP contribution in [-0.4, -0.2) is 33.6 Å². The van der Waals surface area contributed by atoms with Gasteiger partial charge in [-0.15, -0.1) is 0 Å². The summed E-state index contributed by atoms with van der Waals surface area (Å²) >= 11 is 1.59. The van der Waals surface area contributed by atoms with Crippen LogP contribution in [0.1, 0.15) is 76.3 Å². The van der Waals surface area contributed by atoms with Crippen molar-refractivity contribution in [3.63, 3.8) is 0 Å². The van der Waals surface area contributed by atoms with Crippen LogP contribution in [0.25, 0.3) is 10.4 Å². The third-order valence-corrected chi connectivity index (χ3v) is 9.99. The number of benzene rings is 1. The lowest BCUT2D eigenvalue weighted by Crippen LogP contribution is -2.27. The van der Waals surface area contributed by atoms with Crippen molar-refractivity contribution in [2.45, 2.75) is 82.4 Å². The minimum atomic E-state index is -3.67. The van der Waals surface area contributed by atoms with Crippen molar-refractivity contribution >= 4 is 26.5 Å². The van der Waals surface area contributed by atoms with Crippen molar-refractivity contribution in [1.29, 1.82) is 0 Å². The third kappa shape index (κ3) is 6.52. The van der Waals surface area contributed by atoms with E-state index in [-0.39, 0.29) is 4.90 Å². The number of anilines is 1. The zero-order valence-electron chi connectivity index (χ0n) is 20.6. The first-order valence-corrected chi connectivity index (χ1v) is 15.2. The van der Waals surface area contributed by atoms with Gasteiger partial charge < -0.3 is 10.1 Å². The summed E-state index contributed by atoms with van der Waals surface area (Å²) in [5.74, 6) is 1.72. The van der Waals surface area contributed by atoms with Gasteiger partial charge in [-0.1, -0.05) is 62.7 Å². The van der Waals surface area contributed by atoms with Gasteiger partial charge in [0.2, 0.25) is 10.0 Å². The van der Waals surface area contributed by atoms with Crippen LogP contribution in [0.15, 0.2) is 23.1 Å². The van der Waals surface area contributed by atoms with Crippen LogP contribution < -0.4 is 14.8 Å². The van der Waals surface area contributed by atoms with E-state index in [4.69, 9.17) is 9.72 Å². The van der Waals surface area contributed by atoms with E-state index in [2.05, 4.69) is 10.0 Å². The first kappa shape index (κ1) is 25.5. The molecule has 2 N–H and O–H groups in total. The summed E-state index contributed by atoms with van der Waals surface area (Å²) < 4.78 is 34.6. The molecule has 1 heterocycles. The van der Waals surface area contributed by atoms with E-state index >= 15 is 0 Å². The second-order valence-electron chi connectivity index (χ2n) is 9.87. The molecule has 8 heteroatoms. The summed E-state index contributed by atoms with van der Waals surface area (Å²) in [6, 6.07) is 5.40. The summed E-state index contributed by atoms with van der Waals surface area (Å²) in [6.07, 6.45) is 13.7. The van der Waals surface area contributed by atoms with Crippen LogP contribution in [0.4, 0.5) is 5.13 Å². The number of methoxy groups -OCH3 is 1. The lowest BCUT2D eigenvalue weighted by Gasteiger charge is -2.21. The number of aryl methyl sites for hydroxylation is 1. The van der Waals surface area contributed by atoms with Gasteiger partial charge in [-0.25, -0.2) is 18.1 Å². The first-order chi connectivity index (χ1) is 16.5. The van der Waals surface area contributed by atoms with Crippen LogP contribution in [0.5, 0.6) is 5.75 Å². The van der Waals surface area contributed by atoms with Gasteiger partial charge in [0.1, 0.15) is 10.6 Å². The third-order valence-electron chi connectivity index (χ3n) is 7.35. The molecule has 34 heavy (non-hydrogen) atoms. The van der Waals surface area contributed by atoms with Gasteiger partial charge >= 0.3 is 0 Å². The van der Waals surface area contributed by atoms with Gasteiger partial charge in [0.25, 0.3) is 0 Å². The van der Waals surface area contributed by atoms with Gasteiger partial charge in [0, 0.05) is 13.1 Å². The van der Waals surface area contributed by atoms with Crippen LogP contribution in [0, 0.1) is 18.8 Å². The normalized spacial score (nSPS) is 18.2. The largest absolute Gasteiger partial charge is 0.495 e. The van der Waals surface area contributed by atoms with Crippen LogP contribution in [0.3, 0.4) is 0 Å². The monoisotopic (exact) mass is 505 g/mol. The molecule has 1 aromatic heterocycles. The Morgan fingerprint density at radius 3 is 2.38 bits per heavy atom. The van der Waals surface area contributed by atoms with E-state index in [9.17, 15) is 8.42 Å². The van der Waals surface area contributed by atoms with Gasteiger partial charge in [0.15, 0.2) is 5.13 Å². The predicted octanol–water partition coefficient (Wildman–Crippen LogP) is 6.37. The standard InChI is InChI=1S/C26H39N3O3S2/c1-19-25(33-26(29-19)27-18-21-11-7-4-8-12-21)22-13-14-23(32-2)24(17-22)34(30,31)28-16-15-20-9-5-3-6-10-20/h13-14,17,20-21,28H,3-12,15-16,18H2,1-2H3,(H,27,29). The van der Waals surface area contributed by atoms with Gasteiger partial charge in [-0.05, 0) is 61.8 Å². The average Bonchev–Trinajstić information content (AvgIpc) is 3.24. The molecule has 2 aromatic rings. The molecule has 4 rings (SSSR count). The summed E-state index contributed by atoms with van der Waals surface area (Å²) in [7, 11) is -2.16. The molecule has 0 saturated heterocycles. The van der Waals surface area contributed by atoms with Crippen molar-refractivity contribution < 1.29 is 13.2 Å². The number of nitrogens with zero attached hydrogens (tertiary/aromatic N) is 1. The quantitative estimate of drug-likeness (QED) is 0.392. The number of thiazole rings is 1. The zero-order chi connectivity index (χ0) is 24.0. The summed E-state index contributed by atoms with van der Waals surface area (Å²) in [5, 5.41) is 4.43. The molecule has 2 saturated carbocycles. The maximum absolute atomic E-state index is 13.2. The van der Waals surface area contributed by atoms with Gasteiger partial charge in [-0.2, -0.15) is 0 Å². The Hall–Kier alpha value is -1.64. The SMILES string of the molecule is COc1ccc(-c2sc(NCC3CCCCC3)nc2C)cc1S(=O)(=O)NCCC1CCCCC1. The molecule has 0 amide bonds. The highest BCUT2D eigenvalue weighted by Crippen LogP contribution is 2.37. The molecule has 2 fully saturated rings. The molecule has 2 aliphatic carbocycles. The molecular formula is C26H39N3O3S2. The van der Waals surface area contributed by atoms with E-state index in [1.54, 1.807) is 23.5 Å². The highest BCUT2D eigenvalue weighted by Gasteiger charge is 2.23. The molecule has 1 aromatic carbocycles. The minimum Gasteiger partial charge on any atom is -0.495 e. The van der Waals surface area contributed by atoms with Crippen molar-refractivity contribution in [3.05, 3.63) is 23.9 Å². The van der Waals surface area contributed by atoms with Crippen molar-refractivity contribution in [3.8, 4) is 16.2 Å². The number of rotatable bonds is 10. The molecule has 0 bridgehead atoms. The Labute approximate surface area is 209 Å². The van der Waals surface area contributed by atoms with E-state index in [0.29, 0.717) is 18.2 Å². The molecule has 0 aliphatic heterocycles. The molecule has 6 nitrogen and oxygen atoms in total. The molecule has 0 atom stereocenters. The fourth-order valence-electron chi connectivity index (χ4n) is 5.34. The average molecular weight is 506 g/mol. The Balaban J connectivity index is 1.46. The summed E-state index contributed by atoms with van der Waals surface area (Å²) in [4.78, 5) is 5.91. The molecule has 0 spiro atoms. The van der Waals surface area contributed by atoms with Crippen molar-refractivity contribution in [2.24, 2.45) is 11.8 Å². The highest BCUT2D eigenvalue weighted by molar-refractivity contribution is 7.89. The smallest absolute Gasteiger partial charge is 0.244 e. The van der Waals surface area contributed by atoms with E-state index in [1.807, 2.05) is 13.0 Å². The Morgan fingerprint density at radius 1 is 1.03 bits per heavy atom. The van der Waals surface area contributed by atoms with E-state index in [1.165, 1.54) is 71.3 Å². The minimum absolute atomic E-state index is 0.195. The van der Waals surface area contributed by atoms with Crippen LogP contribution >= 0.6 is 11.3 Å². The summed E-state index contributed by atoms with van der Waals surface area (Å²) in [6.45, 7) is 3.41. The van der Waals surface area contributed by atoms with E-state index < -0.39 is 10.0 Å². The van der Waals surface area contributed by atoms with Crippen LogP contribution in [0.2, 0.25) is 0 Å². The predicted molar refractivity (Wildman–Crippen MR) is 140 cm³/mol. The van der Waals surface area contributed by atoms with Crippen molar-refractivity contribution in [1.82, 2.24) is 9.71 Å². The second-order valence-corrected chi connectivity index (χ2v) is 12.6. The Bertz CT molecular complexity index is 1040. The maximum atomic E-state index is 13.2. The van der Waals surface area contributed by atoms with Crippen LogP contribution in [-0.2, 0) is 10.0 Å². The van der Waals surface area contributed by atoms with Crippen molar-refractivity contribution in [2.75, 3.05) is 25.5 Å². The lowest BCUT2D eigenvalue weighted by atomic mass is 9.87. The topological polar surface area (TPSA) is 80.3 Å². The Kier molecular flexibility index (Phi) is 8.88. The fraction of sp³-hybridized carbons (Fsp3) is 0.654. The molecule has 188 valence electrons. The van der Waals surface area contributed by atoms with Gasteiger partial charge in [0.05, 0.1) is 17.7 Å². The molecule has 0 unspecified atom stereocenters.